The van der Waals surface area contributed by atoms with Gasteiger partial charge in [-0.15, -0.1) is 0 Å². The van der Waals surface area contributed by atoms with Gasteiger partial charge in [0.2, 0.25) is 0 Å². The average molecular weight is 241 g/mol. The minimum atomic E-state index is 0.534. The minimum Gasteiger partial charge on any atom is -0.327 e. The second-order valence-corrected chi connectivity index (χ2v) is 4.43. The van der Waals surface area contributed by atoms with Crippen LogP contribution in [0.2, 0.25) is 0 Å². The third-order valence-corrected chi connectivity index (χ3v) is 3.25. The molecule has 0 aliphatic heterocycles. The third-order valence-electron chi connectivity index (χ3n) is 3.25. The van der Waals surface area contributed by atoms with Gasteiger partial charge in [-0.1, -0.05) is 6.07 Å². The summed E-state index contributed by atoms with van der Waals surface area (Å²) in [6.45, 7) is 2.53. The maximum absolute atomic E-state index is 5.65. The fraction of sp³-hybridized carbons (Fsp3) is 0.231. The zero-order valence-corrected chi connectivity index (χ0v) is 10.4. The van der Waals surface area contributed by atoms with Gasteiger partial charge in [-0.25, -0.2) is 4.98 Å². The average Bonchev–Trinajstić information content (AvgIpc) is 2.93. The number of rotatable bonds is 2. The van der Waals surface area contributed by atoms with Gasteiger partial charge in [0.05, 0.1) is 22.8 Å². The van der Waals surface area contributed by atoms with E-state index in [0.717, 1.165) is 33.7 Å². The van der Waals surface area contributed by atoms with Crippen LogP contribution in [-0.2, 0) is 13.6 Å². The molecule has 0 saturated carbocycles. The van der Waals surface area contributed by atoms with Gasteiger partial charge >= 0.3 is 0 Å². The monoisotopic (exact) mass is 241 g/mol. The summed E-state index contributed by atoms with van der Waals surface area (Å²) in [7, 11) is 2.01. The van der Waals surface area contributed by atoms with E-state index in [2.05, 4.69) is 25.8 Å². The van der Waals surface area contributed by atoms with E-state index >= 15 is 0 Å². The van der Waals surface area contributed by atoms with Gasteiger partial charge < -0.3 is 10.3 Å². The number of hydrogen-bond donors (Lipinski definition) is 2. The van der Waals surface area contributed by atoms with Crippen LogP contribution in [0.3, 0.4) is 0 Å². The van der Waals surface area contributed by atoms with Gasteiger partial charge in [-0.2, -0.15) is 5.10 Å². The molecule has 3 N–H and O–H groups in total. The molecular formula is C13H15N5. The molecule has 0 bridgehead atoms. The van der Waals surface area contributed by atoms with Crippen molar-refractivity contribution in [3.05, 3.63) is 35.7 Å². The van der Waals surface area contributed by atoms with E-state index in [0.29, 0.717) is 6.54 Å². The summed E-state index contributed by atoms with van der Waals surface area (Å²) >= 11 is 0. The molecule has 18 heavy (non-hydrogen) atoms. The Morgan fingerprint density at radius 1 is 1.39 bits per heavy atom. The van der Waals surface area contributed by atoms with Gasteiger partial charge in [0, 0.05) is 19.3 Å². The number of H-pyrrole nitrogens is 1. The van der Waals surface area contributed by atoms with E-state index < -0.39 is 0 Å². The van der Waals surface area contributed by atoms with E-state index in [9.17, 15) is 0 Å². The Labute approximate surface area is 105 Å². The van der Waals surface area contributed by atoms with Crippen molar-refractivity contribution in [3.63, 3.8) is 0 Å². The van der Waals surface area contributed by atoms with Crippen molar-refractivity contribution in [2.75, 3.05) is 0 Å². The molecule has 0 radical (unpaired) electrons. The van der Waals surface area contributed by atoms with Crippen LogP contribution >= 0.6 is 0 Å². The number of hydrogen-bond acceptors (Lipinski definition) is 3. The molecule has 0 aliphatic rings. The van der Waals surface area contributed by atoms with Crippen LogP contribution in [0.4, 0.5) is 0 Å². The Morgan fingerprint density at radius 3 is 2.89 bits per heavy atom. The molecule has 2 heterocycles. The van der Waals surface area contributed by atoms with Crippen molar-refractivity contribution >= 4 is 11.0 Å². The molecule has 0 fully saturated rings. The highest BCUT2D eigenvalue weighted by atomic mass is 15.1. The highest BCUT2D eigenvalue weighted by Gasteiger charge is 2.13. The first-order chi connectivity index (χ1) is 8.70. The highest BCUT2D eigenvalue weighted by molar-refractivity contribution is 5.81. The smallest absolute Gasteiger partial charge is 0.144 e. The van der Waals surface area contributed by atoms with Crippen molar-refractivity contribution in [1.82, 2.24) is 19.7 Å². The maximum Gasteiger partial charge on any atom is 0.144 e. The number of nitrogens with one attached hydrogen (secondary N) is 1. The number of aryl methyl sites for hydroxylation is 2. The predicted molar refractivity (Wildman–Crippen MR) is 70.9 cm³/mol. The summed E-state index contributed by atoms with van der Waals surface area (Å²) in [6.07, 6.45) is 1.81. The second kappa shape index (κ2) is 3.96. The predicted octanol–water partition coefficient (Wildman–Crippen LogP) is 1.73. The van der Waals surface area contributed by atoms with Crippen LogP contribution < -0.4 is 5.73 Å². The first-order valence-electron chi connectivity index (χ1n) is 5.86. The summed E-state index contributed by atoms with van der Waals surface area (Å²) in [5.41, 5.74) is 10.9. The molecule has 1 aromatic carbocycles. The maximum atomic E-state index is 5.65. The summed E-state index contributed by atoms with van der Waals surface area (Å²) in [6, 6.07) is 6.13. The zero-order chi connectivity index (χ0) is 12.7. The van der Waals surface area contributed by atoms with Crippen molar-refractivity contribution in [2.24, 2.45) is 12.8 Å². The Balaban J connectivity index is 2.25. The fourth-order valence-corrected chi connectivity index (χ4v) is 2.19. The van der Waals surface area contributed by atoms with E-state index in [4.69, 9.17) is 5.73 Å². The lowest BCUT2D eigenvalue weighted by molar-refractivity contribution is 0.957. The normalized spacial score (nSPS) is 11.3. The molecule has 5 heteroatoms. The van der Waals surface area contributed by atoms with Crippen LogP contribution in [0.5, 0.6) is 0 Å². The summed E-state index contributed by atoms with van der Waals surface area (Å²) in [5.74, 6) is 0.922. The Morgan fingerprint density at radius 2 is 2.22 bits per heavy atom. The van der Waals surface area contributed by atoms with Crippen molar-refractivity contribution < 1.29 is 0 Å². The van der Waals surface area contributed by atoms with Gasteiger partial charge in [-0.3, -0.25) is 5.10 Å². The molecule has 92 valence electrons. The largest absolute Gasteiger partial charge is 0.327 e. The summed E-state index contributed by atoms with van der Waals surface area (Å²) in [5, 5.41) is 6.98. The fourth-order valence-electron chi connectivity index (χ4n) is 2.19. The standard InChI is InChI=1S/C13H15N5/c1-8-10(7-15-17-8)13-16-11-5-9(6-14)3-4-12(11)18(13)2/h3-5,7H,6,14H2,1-2H3,(H,15,17). The lowest BCUT2D eigenvalue weighted by Gasteiger charge is -2.00. The van der Waals surface area contributed by atoms with Crippen molar-refractivity contribution in [1.29, 1.82) is 0 Å². The second-order valence-electron chi connectivity index (χ2n) is 4.43. The first kappa shape index (κ1) is 11.0. The third kappa shape index (κ3) is 1.52. The van der Waals surface area contributed by atoms with E-state index in [1.54, 1.807) is 6.20 Å². The topological polar surface area (TPSA) is 72.5 Å². The van der Waals surface area contributed by atoms with Crippen LogP contribution in [0.25, 0.3) is 22.4 Å². The lowest BCUT2D eigenvalue weighted by atomic mass is 10.2. The van der Waals surface area contributed by atoms with E-state index in [1.807, 2.05) is 26.1 Å². The van der Waals surface area contributed by atoms with E-state index in [-0.39, 0.29) is 0 Å². The summed E-state index contributed by atoms with van der Waals surface area (Å²) < 4.78 is 2.08. The lowest BCUT2D eigenvalue weighted by Crippen LogP contribution is -1.95. The van der Waals surface area contributed by atoms with Gasteiger partial charge in [-0.05, 0) is 24.6 Å². The number of nitrogens with two attached hydrogens (primary N) is 1. The molecule has 0 amide bonds. The number of imidazole rings is 1. The Bertz CT molecular complexity index is 707. The summed E-state index contributed by atoms with van der Waals surface area (Å²) in [4.78, 5) is 4.67. The molecule has 3 rings (SSSR count). The van der Waals surface area contributed by atoms with Crippen LogP contribution in [0.1, 0.15) is 11.3 Å². The van der Waals surface area contributed by atoms with Gasteiger partial charge in [0.15, 0.2) is 0 Å². The molecule has 0 saturated heterocycles. The highest BCUT2D eigenvalue weighted by Crippen LogP contribution is 2.25. The number of aromatic nitrogens is 4. The Kier molecular flexibility index (Phi) is 2.41. The van der Waals surface area contributed by atoms with Crippen LogP contribution in [0.15, 0.2) is 24.4 Å². The molecule has 5 nitrogen and oxygen atoms in total. The SMILES string of the molecule is Cc1[nH]ncc1-c1nc2cc(CN)ccc2n1C. The quantitative estimate of drug-likeness (QED) is 0.717. The molecule has 0 unspecified atom stereocenters. The van der Waals surface area contributed by atoms with E-state index in [1.165, 1.54) is 0 Å². The number of nitrogens with zero attached hydrogens (tertiary/aromatic N) is 3. The number of benzene rings is 1. The zero-order valence-electron chi connectivity index (χ0n) is 10.4. The van der Waals surface area contributed by atoms with Crippen molar-refractivity contribution in [2.45, 2.75) is 13.5 Å². The molecule has 0 aliphatic carbocycles. The molecule has 0 spiro atoms. The Hall–Kier alpha value is -2.14. The van der Waals surface area contributed by atoms with Crippen LogP contribution in [-0.4, -0.2) is 19.7 Å². The van der Waals surface area contributed by atoms with Gasteiger partial charge in [0.1, 0.15) is 5.82 Å². The molecule has 3 aromatic rings. The minimum absolute atomic E-state index is 0.534. The van der Waals surface area contributed by atoms with Crippen LogP contribution in [0, 0.1) is 6.92 Å². The van der Waals surface area contributed by atoms with Gasteiger partial charge in [0.25, 0.3) is 0 Å². The molecule has 0 atom stereocenters. The molecular weight excluding hydrogens is 226 g/mol. The molecule has 2 aromatic heterocycles. The number of aromatic amines is 1. The number of fused-ring (bicyclic) bond motifs is 1. The van der Waals surface area contributed by atoms with Crippen molar-refractivity contribution in [3.8, 4) is 11.4 Å². The first-order valence-corrected chi connectivity index (χ1v) is 5.86.